The lowest BCUT2D eigenvalue weighted by molar-refractivity contribution is 0.765. The summed E-state index contributed by atoms with van der Waals surface area (Å²) < 4.78 is 2.04. The molecule has 1 aromatic heterocycles. The highest BCUT2D eigenvalue weighted by Gasteiger charge is 2.20. The number of anilines is 1. The molecule has 118 valence electrons. The number of thioether (sulfide) groups is 1. The molecule has 0 bridgehead atoms. The molecule has 22 heavy (non-hydrogen) atoms. The first-order chi connectivity index (χ1) is 10.7. The standard InChI is InChI=1S/C17H22ClN3S/c1-12-6-7-13(11-15(12)18)21-17-14(5-3-4-9-19-17)16(20-21)8-10-22-2/h6-7,11,19H,3-5,8-10H2,1-2H3. The molecule has 0 saturated carbocycles. The Kier molecular flexibility index (Phi) is 4.99. The van der Waals surface area contributed by atoms with Crippen molar-refractivity contribution in [3.05, 3.63) is 40.0 Å². The Labute approximate surface area is 141 Å². The van der Waals surface area contributed by atoms with Crippen LogP contribution in [0.1, 0.15) is 29.7 Å². The first kappa shape index (κ1) is 15.8. The number of halogens is 1. The Bertz CT molecular complexity index is 666. The molecule has 3 nitrogen and oxygen atoms in total. The van der Waals surface area contributed by atoms with Crippen LogP contribution in [-0.4, -0.2) is 28.3 Å². The summed E-state index contributed by atoms with van der Waals surface area (Å²) in [5, 5.41) is 9.26. The van der Waals surface area contributed by atoms with Crippen LogP contribution in [0.3, 0.4) is 0 Å². The lowest BCUT2D eigenvalue weighted by atomic mass is 10.1. The number of hydrogen-bond acceptors (Lipinski definition) is 3. The van der Waals surface area contributed by atoms with Crippen molar-refractivity contribution >= 4 is 29.2 Å². The third kappa shape index (κ3) is 3.13. The van der Waals surface area contributed by atoms with E-state index in [1.165, 1.54) is 24.1 Å². The molecule has 0 spiro atoms. The van der Waals surface area contributed by atoms with Crippen molar-refractivity contribution in [1.29, 1.82) is 0 Å². The number of nitrogens with one attached hydrogen (secondary N) is 1. The minimum atomic E-state index is 0.793. The highest BCUT2D eigenvalue weighted by atomic mass is 35.5. The fourth-order valence-electron chi connectivity index (χ4n) is 2.87. The van der Waals surface area contributed by atoms with E-state index in [0.29, 0.717) is 0 Å². The molecule has 1 aliphatic rings. The van der Waals surface area contributed by atoms with E-state index in [2.05, 4.69) is 23.7 Å². The minimum absolute atomic E-state index is 0.793. The molecule has 0 saturated heterocycles. The summed E-state index contributed by atoms with van der Waals surface area (Å²) in [6.45, 7) is 3.04. The zero-order valence-corrected chi connectivity index (χ0v) is 14.7. The molecule has 0 radical (unpaired) electrons. The van der Waals surface area contributed by atoms with E-state index < -0.39 is 0 Å². The van der Waals surface area contributed by atoms with Crippen LogP contribution in [0.4, 0.5) is 5.82 Å². The molecular formula is C17H22ClN3S. The fourth-order valence-corrected chi connectivity index (χ4v) is 3.45. The molecule has 1 N–H and O–H groups in total. The van der Waals surface area contributed by atoms with Crippen molar-refractivity contribution in [2.75, 3.05) is 23.9 Å². The fraction of sp³-hybridized carbons (Fsp3) is 0.471. The van der Waals surface area contributed by atoms with Gasteiger partial charge in [-0.25, -0.2) is 4.68 Å². The summed E-state index contributed by atoms with van der Waals surface area (Å²) in [6, 6.07) is 6.17. The van der Waals surface area contributed by atoms with Gasteiger partial charge in [0, 0.05) is 23.6 Å². The quantitative estimate of drug-likeness (QED) is 0.892. The van der Waals surface area contributed by atoms with Crippen LogP contribution in [-0.2, 0) is 12.8 Å². The third-order valence-corrected chi connectivity index (χ3v) is 5.18. The largest absolute Gasteiger partial charge is 0.370 e. The average molecular weight is 336 g/mol. The van der Waals surface area contributed by atoms with Gasteiger partial charge < -0.3 is 5.32 Å². The van der Waals surface area contributed by atoms with E-state index in [9.17, 15) is 0 Å². The van der Waals surface area contributed by atoms with Crippen LogP contribution in [0.25, 0.3) is 5.69 Å². The van der Waals surface area contributed by atoms with Gasteiger partial charge in [-0.1, -0.05) is 17.7 Å². The predicted molar refractivity (Wildman–Crippen MR) is 96.8 cm³/mol. The molecule has 0 aliphatic carbocycles. The first-order valence-corrected chi connectivity index (χ1v) is 9.58. The van der Waals surface area contributed by atoms with E-state index in [1.54, 1.807) is 0 Å². The van der Waals surface area contributed by atoms with Crippen molar-refractivity contribution in [3.63, 3.8) is 0 Å². The zero-order valence-electron chi connectivity index (χ0n) is 13.2. The van der Waals surface area contributed by atoms with Crippen LogP contribution in [0, 0.1) is 6.92 Å². The highest BCUT2D eigenvalue weighted by molar-refractivity contribution is 7.98. The average Bonchev–Trinajstić information content (AvgIpc) is 2.70. The van der Waals surface area contributed by atoms with E-state index >= 15 is 0 Å². The lowest BCUT2D eigenvalue weighted by Crippen LogP contribution is -2.07. The van der Waals surface area contributed by atoms with Gasteiger partial charge in [-0.3, -0.25) is 0 Å². The Morgan fingerprint density at radius 2 is 2.23 bits per heavy atom. The summed E-state index contributed by atoms with van der Waals surface area (Å²) in [7, 11) is 0. The molecule has 1 aliphatic heterocycles. The third-order valence-electron chi connectivity index (χ3n) is 4.16. The number of nitrogens with zero attached hydrogens (tertiary/aromatic N) is 2. The number of hydrogen-bond donors (Lipinski definition) is 1. The second-order valence-electron chi connectivity index (χ2n) is 5.75. The predicted octanol–water partition coefficient (Wildman–Crippen LogP) is 4.49. The maximum Gasteiger partial charge on any atom is 0.133 e. The van der Waals surface area contributed by atoms with Crippen LogP contribution in [0.15, 0.2) is 18.2 Å². The number of aryl methyl sites for hydroxylation is 2. The number of aromatic nitrogens is 2. The topological polar surface area (TPSA) is 29.9 Å². The molecule has 0 fully saturated rings. The number of fused-ring (bicyclic) bond motifs is 1. The summed E-state index contributed by atoms with van der Waals surface area (Å²) >= 11 is 8.18. The molecule has 5 heteroatoms. The molecular weight excluding hydrogens is 314 g/mol. The Morgan fingerprint density at radius 1 is 1.36 bits per heavy atom. The Balaban J connectivity index is 2.06. The van der Waals surface area contributed by atoms with E-state index in [1.807, 2.05) is 29.4 Å². The van der Waals surface area contributed by atoms with Gasteiger partial charge in [0.1, 0.15) is 5.82 Å². The minimum Gasteiger partial charge on any atom is -0.370 e. The van der Waals surface area contributed by atoms with Crippen molar-refractivity contribution in [1.82, 2.24) is 9.78 Å². The summed E-state index contributed by atoms with van der Waals surface area (Å²) in [5.41, 5.74) is 4.76. The molecule has 0 unspecified atom stereocenters. The van der Waals surface area contributed by atoms with Gasteiger partial charge in [0.15, 0.2) is 0 Å². The van der Waals surface area contributed by atoms with E-state index in [4.69, 9.17) is 16.7 Å². The van der Waals surface area contributed by atoms with Gasteiger partial charge in [-0.2, -0.15) is 16.9 Å². The SMILES string of the molecule is CSCCc1nn(-c2ccc(C)c(Cl)c2)c2c1CCCCN2. The normalized spacial score (nSPS) is 14.3. The summed E-state index contributed by atoms with van der Waals surface area (Å²) in [5.74, 6) is 2.27. The van der Waals surface area contributed by atoms with Gasteiger partial charge in [-0.05, 0) is 55.9 Å². The lowest BCUT2D eigenvalue weighted by Gasteiger charge is -2.10. The van der Waals surface area contributed by atoms with Crippen LogP contribution in [0.5, 0.6) is 0 Å². The molecule has 1 aromatic carbocycles. The highest BCUT2D eigenvalue weighted by Crippen LogP contribution is 2.30. The maximum absolute atomic E-state index is 6.30. The van der Waals surface area contributed by atoms with Crippen LogP contribution in [0.2, 0.25) is 5.02 Å². The van der Waals surface area contributed by atoms with Crippen molar-refractivity contribution in [2.24, 2.45) is 0 Å². The second kappa shape index (κ2) is 6.97. The van der Waals surface area contributed by atoms with Gasteiger partial charge in [0.25, 0.3) is 0 Å². The summed E-state index contributed by atoms with van der Waals surface area (Å²) in [6.07, 6.45) is 6.73. The molecule has 0 atom stereocenters. The van der Waals surface area contributed by atoms with E-state index in [0.717, 1.165) is 47.2 Å². The maximum atomic E-state index is 6.30. The summed E-state index contributed by atoms with van der Waals surface area (Å²) in [4.78, 5) is 0. The van der Waals surface area contributed by atoms with Gasteiger partial charge >= 0.3 is 0 Å². The van der Waals surface area contributed by atoms with Gasteiger partial charge in [0.05, 0.1) is 11.4 Å². The van der Waals surface area contributed by atoms with Crippen molar-refractivity contribution in [2.45, 2.75) is 32.6 Å². The Morgan fingerprint density at radius 3 is 3.00 bits per heavy atom. The van der Waals surface area contributed by atoms with Crippen molar-refractivity contribution in [3.8, 4) is 5.69 Å². The van der Waals surface area contributed by atoms with Crippen LogP contribution >= 0.6 is 23.4 Å². The second-order valence-corrected chi connectivity index (χ2v) is 7.14. The first-order valence-electron chi connectivity index (χ1n) is 7.81. The number of benzene rings is 1. The van der Waals surface area contributed by atoms with E-state index in [-0.39, 0.29) is 0 Å². The molecule has 0 amide bonds. The Hall–Kier alpha value is -1.13. The molecule has 3 rings (SSSR count). The number of rotatable bonds is 4. The van der Waals surface area contributed by atoms with Gasteiger partial charge in [0.2, 0.25) is 0 Å². The smallest absolute Gasteiger partial charge is 0.133 e. The zero-order chi connectivity index (χ0) is 15.5. The molecule has 2 aromatic rings. The van der Waals surface area contributed by atoms with Gasteiger partial charge in [-0.15, -0.1) is 0 Å². The monoisotopic (exact) mass is 335 g/mol. The molecule has 2 heterocycles. The van der Waals surface area contributed by atoms with Crippen molar-refractivity contribution < 1.29 is 0 Å². The van der Waals surface area contributed by atoms with Crippen LogP contribution < -0.4 is 5.32 Å².